The van der Waals surface area contributed by atoms with Gasteiger partial charge in [-0.25, -0.2) is 8.42 Å². The number of hydrogen-bond acceptors (Lipinski definition) is 3. The highest BCUT2D eigenvalue weighted by Gasteiger charge is 2.56. The molecule has 150 valence electrons. The molecule has 1 heterocycles. The van der Waals surface area contributed by atoms with E-state index in [9.17, 15) is 13.2 Å². The van der Waals surface area contributed by atoms with Gasteiger partial charge in [-0.05, 0) is 87.0 Å². The summed E-state index contributed by atoms with van der Waals surface area (Å²) in [7, 11) is -3.26. The van der Waals surface area contributed by atoms with E-state index in [4.69, 9.17) is 11.6 Å². The first-order valence-corrected chi connectivity index (χ1v) is 12.3. The summed E-state index contributed by atoms with van der Waals surface area (Å²) in [5, 5.41) is 1.86. The predicted molar refractivity (Wildman–Crippen MR) is 111 cm³/mol. The van der Waals surface area contributed by atoms with Crippen molar-refractivity contribution >= 4 is 33.0 Å². The van der Waals surface area contributed by atoms with E-state index in [1.54, 1.807) is 11.0 Å². The number of nitrogens with zero attached hydrogens (tertiary/aromatic N) is 1. The summed E-state index contributed by atoms with van der Waals surface area (Å²) in [6, 6.07) is 5.17. The number of benzene rings is 1. The standard InChI is InChI=1S/C22H26ClNO3S/c1-14-2-3-18(9-20(14)23)24(19-4-5-28(26,27)13-19)21(25)22-10-15-6-16(11-22)8-17(7-15)12-22/h2-5,9,15-17,19H,6-8,10-13H2,1H3. The highest BCUT2D eigenvalue weighted by molar-refractivity contribution is 7.94. The molecule has 1 aliphatic heterocycles. The molecule has 6 heteroatoms. The molecule has 0 spiro atoms. The summed E-state index contributed by atoms with van der Waals surface area (Å²) in [4.78, 5) is 15.8. The van der Waals surface area contributed by atoms with Crippen LogP contribution in [0.2, 0.25) is 5.02 Å². The fourth-order valence-electron chi connectivity index (χ4n) is 6.54. The molecule has 5 aliphatic rings. The minimum Gasteiger partial charge on any atom is -0.304 e. The number of halogens is 1. The van der Waals surface area contributed by atoms with Gasteiger partial charge in [0.1, 0.15) is 0 Å². The Morgan fingerprint density at radius 1 is 1.11 bits per heavy atom. The second-order valence-electron chi connectivity index (χ2n) is 9.53. The molecule has 1 amide bonds. The van der Waals surface area contributed by atoms with Crippen LogP contribution in [0.25, 0.3) is 0 Å². The third-order valence-electron chi connectivity index (χ3n) is 7.39. The molecule has 6 rings (SSSR count). The van der Waals surface area contributed by atoms with Crippen molar-refractivity contribution in [3.63, 3.8) is 0 Å². The Kier molecular flexibility index (Phi) is 4.23. The molecule has 1 aromatic rings. The monoisotopic (exact) mass is 419 g/mol. The number of sulfone groups is 1. The Labute approximate surface area is 171 Å². The molecule has 1 atom stereocenters. The minimum atomic E-state index is -3.26. The van der Waals surface area contributed by atoms with E-state index in [0.29, 0.717) is 28.5 Å². The molecule has 4 aliphatic carbocycles. The van der Waals surface area contributed by atoms with Gasteiger partial charge in [0.25, 0.3) is 0 Å². The summed E-state index contributed by atoms with van der Waals surface area (Å²) in [6.07, 6.45) is 8.33. The van der Waals surface area contributed by atoms with Crippen LogP contribution < -0.4 is 4.90 Å². The van der Waals surface area contributed by atoms with Crippen LogP contribution in [0.3, 0.4) is 0 Å². The molecule has 1 unspecified atom stereocenters. The minimum absolute atomic E-state index is 0.0450. The first-order chi connectivity index (χ1) is 13.2. The number of aryl methyl sites for hydroxylation is 1. The maximum absolute atomic E-state index is 14.0. The first-order valence-electron chi connectivity index (χ1n) is 10.3. The SMILES string of the molecule is Cc1ccc(N(C(=O)C23CC4CC(CC(C4)C2)C3)C2C=CS(=O)(=O)C2)cc1Cl. The van der Waals surface area contributed by atoms with Gasteiger partial charge in [-0.1, -0.05) is 17.7 Å². The van der Waals surface area contributed by atoms with Crippen molar-refractivity contribution in [1.82, 2.24) is 0 Å². The Balaban J connectivity index is 1.55. The molecular formula is C22H26ClNO3S. The van der Waals surface area contributed by atoms with E-state index in [-0.39, 0.29) is 17.1 Å². The van der Waals surface area contributed by atoms with Crippen LogP contribution in [-0.4, -0.2) is 26.1 Å². The van der Waals surface area contributed by atoms with Gasteiger partial charge in [0.2, 0.25) is 5.91 Å². The molecule has 0 saturated heterocycles. The fraction of sp³-hybridized carbons (Fsp3) is 0.591. The molecule has 28 heavy (non-hydrogen) atoms. The van der Waals surface area contributed by atoms with Gasteiger partial charge in [-0.15, -0.1) is 0 Å². The van der Waals surface area contributed by atoms with Gasteiger partial charge in [0.05, 0.1) is 17.2 Å². The predicted octanol–water partition coefficient (Wildman–Crippen LogP) is 4.51. The second-order valence-corrected chi connectivity index (χ2v) is 11.9. The van der Waals surface area contributed by atoms with E-state index in [1.807, 2.05) is 25.1 Å². The Morgan fingerprint density at radius 3 is 2.21 bits per heavy atom. The van der Waals surface area contributed by atoms with Gasteiger partial charge < -0.3 is 4.90 Å². The molecule has 0 radical (unpaired) electrons. The third kappa shape index (κ3) is 3.02. The van der Waals surface area contributed by atoms with Gasteiger partial charge in [0, 0.05) is 16.1 Å². The largest absolute Gasteiger partial charge is 0.304 e. The summed E-state index contributed by atoms with van der Waals surface area (Å²) in [5.74, 6) is 2.03. The average molecular weight is 420 g/mol. The van der Waals surface area contributed by atoms with Crippen LogP contribution in [0.1, 0.15) is 44.1 Å². The number of rotatable bonds is 3. The molecular weight excluding hydrogens is 394 g/mol. The molecule has 4 saturated carbocycles. The highest BCUT2D eigenvalue weighted by Crippen LogP contribution is 2.61. The lowest BCUT2D eigenvalue weighted by Crippen LogP contribution is -2.57. The quantitative estimate of drug-likeness (QED) is 0.724. The molecule has 0 N–H and O–H groups in total. The van der Waals surface area contributed by atoms with Gasteiger partial charge in [0.15, 0.2) is 9.84 Å². The lowest BCUT2D eigenvalue weighted by atomic mass is 9.49. The number of carbonyl (C=O) groups is 1. The van der Waals surface area contributed by atoms with E-state index in [1.165, 1.54) is 24.7 Å². The van der Waals surface area contributed by atoms with Crippen molar-refractivity contribution in [2.75, 3.05) is 10.7 Å². The number of carbonyl (C=O) groups excluding carboxylic acids is 1. The highest BCUT2D eigenvalue weighted by atomic mass is 35.5. The topological polar surface area (TPSA) is 54.5 Å². The van der Waals surface area contributed by atoms with Crippen LogP contribution in [-0.2, 0) is 14.6 Å². The Morgan fingerprint density at radius 2 is 1.71 bits per heavy atom. The van der Waals surface area contributed by atoms with Crippen LogP contribution >= 0.6 is 11.6 Å². The average Bonchev–Trinajstić information content (AvgIpc) is 2.96. The van der Waals surface area contributed by atoms with Crippen molar-refractivity contribution in [1.29, 1.82) is 0 Å². The zero-order valence-corrected chi connectivity index (χ0v) is 17.7. The van der Waals surface area contributed by atoms with Gasteiger partial charge in [-0.2, -0.15) is 0 Å². The molecule has 1 aromatic carbocycles. The normalized spacial score (nSPS) is 37.4. The molecule has 4 bridgehead atoms. The molecule has 4 nitrogen and oxygen atoms in total. The first kappa shape index (κ1) is 18.7. The van der Waals surface area contributed by atoms with Gasteiger partial charge >= 0.3 is 0 Å². The van der Waals surface area contributed by atoms with Crippen LogP contribution in [0.4, 0.5) is 5.69 Å². The third-order valence-corrected chi connectivity index (χ3v) is 9.17. The smallest absolute Gasteiger partial charge is 0.233 e. The fourth-order valence-corrected chi connectivity index (χ4v) is 7.98. The maximum Gasteiger partial charge on any atom is 0.233 e. The van der Waals surface area contributed by atoms with Crippen molar-refractivity contribution in [3.05, 3.63) is 40.3 Å². The van der Waals surface area contributed by atoms with E-state index in [0.717, 1.165) is 24.8 Å². The zero-order valence-electron chi connectivity index (χ0n) is 16.1. The lowest BCUT2D eigenvalue weighted by Gasteiger charge is -2.57. The second kappa shape index (κ2) is 6.33. The van der Waals surface area contributed by atoms with Crippen molar-refractivity contribution in [2.45, 2.75) is 51.5 Å². The van der Waals surface area contributed by atoms with Crippen molar-refractivity contribution in [3.8, 4) is 0 Å². The van der Waals surface area contributed by atoms with Crippen LogP contribution in [0, 0.1) is 30.1 Å². The number of amides is 1. The summed E-state index contributed by atoms with van der Waals surface area (Å²) < 4.78 is 24.2. The lowest BCUT2D eigenvalue weighted by molar-refractivity contribution is -0.143. The Hall–Kier alpha value is -1.33. The van der Waals surface area contributed by atoms with Crippen LogP contribution in [0.15, 0.2) is 29.7 Å². The number of anilines is 1. The maximum atomic E-state index is 14.0. The molecule has 0 aromatic heterocycles. The van der Waals surface area contributed by atoms with Crippen molar-refractivity contribution in [2.24, 2.45) is 23.2 Å². The van der Waals surface area contributed by atoms with Crippen LogP contribution in [0.5, 0.6) is 0 Å². The summed E-state index contributed by atoms with van der Waals surface area (Å²) in [5.41, 5.74) is 1.33. The van der Waals surface area contributed by atoms with E-state index >= 15 is 0 Å². The van der Waals surface area contributed by atoms with E-state index in [2.05, 4.69) is 0 Å². The van der Waals surface area contributed by atoms with E-state index < -0.39 is 15.9 Å². The molecule has 4 fully saturated rings. The number of hydrogen-bond donors (Lipinski definition) is 0. The summed E-state index contributed by atoms with van der Waals surface area (Å²) >= 11 is 6.37. The zero-order chi connectivity index (χ0) is 19.7. The summed E-state index contributed by atoms with van der Waals surface area (Å²) in [6.45, 7) is 1.93. The Bertz CT molecular complexity index is 933. The van der Waals surface area contributed by atoms with Gasteiger partial charge in [-0.3, -0.25) is 4.79 Å². The van der Waals surface area contributed by atoms with Crippen molar-refractivity contribution < 1.29 is 13.2 Å².